The molecule has 0 spiro atoms. The van der Waals surface area contributed by atoms with Crippen LogP contribution in [-0.4, -0.2) is 41.9 Å². The number of carbonyl (C=O) groups excluding carboxylic acids is 3. The van der Waals surface area contributed by atoms with Gasteiger partial charge in [0.25, 0.3) is 0 Å². The van der Waals surface area contributed by atoms with Crippen molar-refractivity contribution in [3.63, 3.8) is 0 Å². The molecule has 0 saturated carbocycles. The van der Waals surface area contributed by atoms with Crippen LogP contribution in [0, 0.1) is 0 Å². The third-order valence-electron chi connectivity index (χ3n) is 2.97. The zero-order chi connectivity index (χ0) is 23.0. The number of Topliss-reactive ketones (excluding diaryl/α,β-unsaturated/α-hetero) is 1. The quantitative estimate of drug-likeness (QED) is 0.296. The average Bonchev–Trinajstić information content (AvgIpc) is 2.52. The molecular formula is C14H6F10O5. The van der Waals surface area contributed by atoms with Crippen LogP contribution in [0.3, 0.4) is 0 Å². The highest BCUT2D eigenvalue weighted by Crippen LogP contribution is 2.40. The van der Waals surface area contributed by atoms with Crippen molar-refractivity contribution in [3.05, 3.63) is 23.8 Å². The minimum absolute atomic E-state index is 0.431. The highest BCUT2D eigenvalue weighted by molar-refractivity contribution is 6.01. The van der Waals surface area contributed by atoms with Crippen LogP contribution in [0.2, 0.25) is 0 Å². The Bertz CT molecular complexity index is 767. The average molecular weight is 444 g/mol. The van der Waals surface area contributed by atoms with Crippen LogP contribution in [-0.2, 0) is 9.59 Å². The lowest BCUT2D eigenvalue weighted by Gasteiger charge is -2.20. The van der Waals surface area contributed by atoms with E-state index in [1.165, 1.54) is 0 Å². The van der Waals surface area contributed by atoms with E-state index in [-0.39, 0.29) is 0 Å². The zero-order valence-corrected chi connectivity index (χ0v) is 13.6. The Morgan fingerprint density at radius 3 is 1.24 bits per heavy atom. The molecule has 1 rings (SSSR count). The van der Waals surface area contributed by atoms with Crippen molar-refractivity contribution in [2.75, 3.05) is 0 Å². The van der Waals surface area contributed by atoms with E-state index in [1.807, 2.05) is 0 Å². The number of carbonyl (C=O) groups is 3. The van der Waals surface area contributed by atoms with Gasteiger partial charge in [-0.25, -0.2) is 9.59 Å². The zero-order valence-electron chi connectivity index (χ0n) is 13.6. The van der Waals surface area contributed by atoms with Gasteiger partial charge in [-0.1, -0.05) is 6.07 Å². The fourth-order valence-electron chi connectivity index (χ4n) is 1.59. The fourth-order valence-corrected chi connectivity index (χ4v) is 1.59. The number of rotatable bonds is 5. The summed E-state index contributed by atoms with van der Waals surface area (Å²) in [5.41, 5.74) is -1.31. The van der Waals surface area contributed by atoms with Crippen molar-refractivity contribution in [1.82, 2.24) is 0 Å². The van der Waals surface area contributed by atoms with Crippen LogP contribution in [0.15, 0.2) is 18.2 Å². The molecule has 0 aromatic heterocycles. The first-order valence-corrected chi connectivity index (χ1v) is 6.81. The minimum atomic E-state index is -6.40. The molecule has 0 bridgehead atoms. The monoisotopic (exact) mass is 444 g/mol. The first-order valence-electron chi connectivity index (χ1n) is 6.81. The maximum absolute atomic E-state index is 12.9. The van der Waals surface area contributed by atoms with Crippen LogP contribution >= 0.6 is 0 Å². The molecule has 0 aliphatic heterocycles. The molecule has 0 amide bonds. The van der Waals surface area contributed by atoms with Gasteiger partial charge in [0.05, 0.1) is 0 Å². The highest BCUT2D eigenvalue weighted by atomic mass is 19.4. The third-order valence-corrected chi connectivity index (χ3v) is 2.97. The summed E-state index contributed by atoms with van der Waals surface area (Å²) in [6.07, 6.45) is -12.8. The van der Waals surface area contributed by atoms with E-state index in [1.54, 1.807) is 0 Å². The summed E-state index contributed by atoms with van der Waals surface area (Å²) in [5.74, 6) is -22.8. The van der Waals surface area contributed by atoms with Crippen molar-refractivity contribution in [2.24, 2.45) is 0 Å². The van der Waals surface area contributed by atoms with Crippen molar-refractivity contribution < 1.29 is 67.8 Å². The maximum Gasteiger partial charge on any atom is 0.465 e. The van der Waals surface area contributed by atoms with Crippen molar-refractivity contribution in [2.45, 2.75) is 31.1 Å². The Kier molecular flexibility index (Phi) is 6.26. The summed E-state index contributed by atoms with van der Waals surface area (Å²) in [5, 5.41) is 0. The minimum Gasteiger partial charge on any atom is -0.421 e. The van der Waals surface area contributed by atoms with Gasteiger partial charge in [0.2, 0.25) is 0 Å². The Balaban J connectivity index is 3.35. The van der Waals surface area contributed by atoms with Gasteiger partial charge >= 0.3 is 36.1 Å². The van der Waals surface area contributed by atoms with Crippen molar-refractivity contribution >= 4 is 17.7 Å². The predicted octanol–water partition coefficient (Wildman–Crippen LogP) is 4.10. The topological polar surface area (TPSA) is 69.7 Å². The van der Waals surface area contributed by atoms with Crippen LogP contribution in [0.5, 0.6) is 11.5 Å². The number of benzene rings is 1. The Morgan fingerprint density at radius 1 is 0.690 bits per heavy atom. The number of ketones is 1. The van der Waals surface area contributed by atoms with Gasteiger partial charge < -0.3 is 9.47 Å². The van der Waals surface area contributed by atoms with E-state index < -0.39 is 59.0 Å². The number of halogens is 10. The smallest absolute Gasteiger partial charge is 0.421 e. The molecule has 162 valence electrons. The van der Waals surface area contributed by atoms with Gasteiger partial charge in [0.15, 0.2) is 5.78 Å². The number of ether oxygens (including phenoxy) is 2. The number of hydrogen-bond acceptors (Lipinski definition) is 5. The van der Waals surface area contributed by atoms with E-state index in [9.17, 15) is 58.3 Å². The summed E-state index contributed by atoms with van der Waals surface area (Å²) in [7, 11) is 0. The van der Waals surface area contributed by atoms with Gasteiger partial charge in [-0.15, -0.1) is 0 Å². The molecule has 0 unspecified atom stereocenters. The van der Waals surface area contributed by atoms with Crippen LogP contribution in [0.1, 0.15) is 17.3 Å². The third kappa shape index (κ3) is 4.76. The molecule has 0 heterocycles. The first kappa shape index (κ1) is 24.2. The summed E-state index contributed by atoms with van der Waals surface area (Å²) in [6.45, 7) is 0.536. The molecule has 29 heavy (non-hydrogen) atoms. The van der Waals surface area contributed by atoms with Gasteiger partial charge in [0.1, 0.15) is 17.1 Å². The molecule has 5 nitrogen and oxygen atoms in total. The molecule has 1 aromatic rings. The van der Waals surface area contributed by atoms with E-state index >= 15 is 0 Å². The molecule has 0 atom stereocenters. The SMILES string of the molecule is CC(=O)c1c(OC(=O)C(F)(F)C(F)(F)F)cccc1OC(=O)C(F)(F)C(F)(F)F. The second kappa shape index (κ2) is 7.51. The van der Waals surface area contributed by atoms with Crippen molar-refractivity contribution in [1.29, 1.82) is 0 Å². The van der Waals surface area contributed by atoms with E-state index in [2.05, 4.69) is 9.47 Å². The maximum atomic E-state index is 12.9. The van der Waals surface area contributed by atoms with Crippen molar-refractivity contribution in [3.8, 4) is 11.5 Å². The molecule has 15 heteroatoms. The Morgan fingerprint density at radius 2 is 1.00 bits per heavy atom. The number of esters is 2. The number of hydrogen-bond donors (Lipinski definition) is 0. The van der Waals surface area contributed by atoms with E-state index in [4.69, 9.17) is 0 Å². The molecule has 0 N–H and O–H groups in total. The summed E-state index contributed by atoms with van der Waals surface area (Å²) in [6, 6.07) is 1.41. The lowest BCUT2D eigenvalue weighted by Crippen LogP contribution is -2.47. The van der Waals surface area contributed by atoms with Gasteiger partial charge in [-0.3, -0.25) is 4.79 Å². The molecule has 0 fully saturated rings. The number of alkyl halides is 10. The Labute approximate surface area is 153 Å². The molecule has 0 aliphatic rings. The van der Waals surface area contributed by atoms with Crippen LogP contribution < -0.4 is 9.47 Å². The lowest BCUT2D eigenvalue weighted by molar-refractivity contribution is -0.276. The van der Waals surface area contributed by atoms with Gasteiger partial charge in [-0.05, 0) is 19.1 Å². The predicted molar refractivity (Wildman–Crippen MR) is 69.7 cm³/mol. The van der Waals surface area contributed by atoms with Gasteiger partial charge in [-0.2, -0.15) is 43.9 Å². The van der Waals surface area contributed by atoms with Crippen LogP contribution in [0.25, 0.3) is 0 Å². The summed E-state index contributed by atoms with van der Waals surface area (Å²) in [4.78, 5) is 33.7. The second-order valence-electron chi connectivity index (χ2n) is 5.11. The molecular weight excluding hydrogens is 438 g/mol. The molecule has 0 aliphatic carbocycles. The van der Waals surface area contributed by atoms with Gasteiger partial charge in [0, 0.05) is 0 Å². The lowest BCUT2D eigenvalue weighted by atomic mass is 10.1. The second-order valence-corrected chi connectivity index (χ2v) is 5.11. The summed E-state index contributed by atoms with van der Waals surface area (Å²) < 4.78 is 132. The highest BCUT2D eigenvalue weighted by Gasteiger charge is 2.66. The first-order chi connectivity index (χ1) is 12.8. The molecule has 0 radical (unpaired) electrons. The van der Waals surface area contributed by atoms with E-state index in [0.717, 1.165) is 0 Å². The molecule has 0 saturated heterocycles. The largest absolute Gasteiger partial charge is 0.465 e. The van der Waals surface area contributed by atoms with Crippen LogP contribution in [0.4, 0.5) is 43.9 Å². The molecule has 1 aromatic carbocycles. The van der Waals surface area contributed by atoms with E-state index in [0.29, 0.717) is 25.1 Å². The summed E-state index contributed by atoms with van der Waals surface area (Å²) >= 11 is 0. The standard InChI is InChI=1S/C14H6F10O5/c1-5(25)8-6(28-9(26)11(15,16)13(19,20)21)3-2-4-7(8)29-10(27)12(17,18)14(22,23)24/h2-4H,1H3. The fraction of sp³-hybridized carbons (Fsp3) is 0.357. The Hall–Kier alpha value is -2.87. The normalized spacial score (nSPS) is 13.1.